The Hall–Kier alpha value is -3.12. The van der Waals surface area contributed by atoms with Gasteiger partial charge in [0.2, 0.25) is 5.91 Å². The molecule has 0 bridgehead atoms. The predicted octanol–water partition coefficient (Wildman–Crippen LogP) is 3.23. The second-order valence-corrected chi connectivity index (χ2v) is 7.82. The summed E-state index contributed by atoms with van der Waals surface area (Å²) < 4.78 is 0. The Bertz CT molecular complexity index is 1110. The molecule has 1 unspecified atom stereocenters. The van der Waals surface area contributed by atoms with Crippen molar-refractivity contribution in [2.75, 3.05) is 19.6 Å². The van der Waals surface area contributed by atoms with Crippen LogP contribution in [0.3, 0.4) is 0 Å². The molecule has 3 heterocycles. The smallest absolute Gasteiger partial charge is 0.224 e. The molecule has 1 aliphatic heterocycles. The van der Waals surface area contributed by atoms with Crippen molar-refractivity contribution in [2.45, 2.75) is 19.4 Å². The van der Waals surface area contributed by atoms with Gasteiger partial charge in [0.25, 0.3) is 0 Å². The summed E-state index contributed by atoms with van der Waals surface area (Å²) in [6, 6.07) is 16.3. The van der Waals surface area contributed by atoms with Gasteiger partial charge >= 0.3 is 0 Å². The van der Waals surface area contributed by atoms with E-state index in [1.807, 2.05) is 42.6 Å². The highest BCUT2D eigenvalue weighted by atomic mass is 16.1. The molecule has 2 aromatic heterocycles. The van der Waals surface area contributed by atoms with E-state index in [-0.39, 0.29) is 11.8 Å². The van der Waals surface area contributed by atoms with Gasteiger partial charge < -0.3 is 15.3 Å². The molecule has 1 fully saturated rings. The van der Waals surface area contributed by atoms with Gasteiger partial charge in [-0.25, -0.2) is 4.98 Å². The zero-order chi connectivity index (χ0) is 19.6. The Kier molecular flexibility index (Phi) is 4.77. The lowest BCUT2D eigenvalue weighted by Gasteiger charge is -2.14. The van der Waals surface area contributed by atoms with Gasteiger partial charge in [0, 0.05) is 30.2 Å². The maximum Gasteiger partial charge on any atom is 0.224 e. The highest BCUT2D eigenvalue weighted by Gasteiger charge is 2.28. The van der Waals surface area contributed by atoms with Crippen molar-refractivity contribution in [2.24, 2.45) is 5.92 Å². The standard InChI is InChI=1S/C23H25N5O/c29-23(24-11-9-16-13-25-19-6-2-1-5-18(16)19)17-10-12-28(14-17)15-22-26-20-7-3-4-8-21(20)27-22/h1-8,13,17,25H,9-12,14-15H2,(H,24,29)(H,26,27). The van der Waals surface area contributed by atoms with Crippen molar-refractivity contribution in [1.82, 2.24) is 25.2 Å². The first-order chi connectivity index (χ1) is 14.3. The quantitative estimate of drug-likeness (QED) is 0.475. The van der Waals surface area contributed by atoms with E-state index in [1.54, 1.807) is 0 Å². The molecule has 0 radical (unpaired) electrons. The Morgan fingerprint density at radius 3 is 2.86 bits per heavy atom. The molecule has 2 aromatic carbocycles. The van der Waals surface area contributed by atoms with E-state index >= 15 is 0 Å². The number of fused-ring (bicyclic) bond motifs is 2. The zero-order valence-electron chi connectivity index (χ0n) is 16.3. The molecule has 0 saturated carbocycles. The first-order valence-corrected chi connectivity index (χ1v) is 10.2. The first kappa shape index (κ1) is 17.9. The molecule has 0 aliphatic carbocycles. The average Bonchev–Trinajstić information content (AvgIpc) is 3.46. The number of aromatic nitrogens is 3. The number of H-pyrrole nitrogens is 2. The van der Waals surface area contributed by atoms with Gasteiger partial charge in [-0.3, -0.25) is 9.69 Å². The number of para-hydroxylation sites is 3. The topological polar surface area (TPSA) is 76.8 Å². The van der Waals surface area contributed by atoms with E-state index in [0.717, 1.165) is 54.9 Å². The third kappa shape index (κ3) is 3.76. The van der Waals surface area contributed by atoms with Crippen molar-refractivity contribution < 1.29 is 4.79 Å². The normalized spacial score (nSPS) is 17.3. The summed E-state index contributed by atoms with van der Waals surface area (Å²) in [5.41, 5.74) is 4.45. The summed E-state index contributed by atoms with van der Waals surface area (Å²) in [7, 11) is 0. The second kappa shape index (κ2) is 7.72. The number of rotatable bonds is 6. The van der Waals surface area contributed by atoms with Crippen LogP contribution >= 0.6 is 0 Å². The van der Waals surface area contributed by atoms with Crippen LogP contribution in [0.1, 0.15) is 17.8 Å². The fourth-order valence-corrected chi connectivity index (χ4v) is 4.29. The highest BCUT2D eigenvalue weighted by molar-refractivity contribution is 5.83. The Morgan fingerprint density at radius 2 is 1.97 bits per heavy atom. The summed E-state index contributed by atoms with van der Waals surface area (Å²) in [5, 5.41) is 4.37. The molecule has 1 amide bonds. The number of carbonyl (C=O) groups excluding carboxylic acids is 1. The lowest BCUT2D eigenvalue weighted by atomic mass is 10.1. The van der Waals surface area contributed by atoms with Gasteiger partial charge in [0.1, 0.15) is 5.82 Å². The van der Waals surface area contributed by atoms with Crippen molar-refractivity contribution in [3.63, 3.8) is 0 Å². The second-order valence-electron chi connectivity index (χ2n) is 7.82. The summed E-state index contributed by atoms with van der Waals surface area (Å²) in [5.74, 6) is 1.19. The zero-order valence-corrected chi connectivity index (χ0v) is 16.3. The number of amides is 1. The first-order valence-electron chi connectivity index (χ1n) is 10.2. The lowest BCUT2D eigenvalue weighted by molar-refractivity contribution is -0.124. The number of benzene rings is 2. The molecule has 1 atom stereocenters. The van der Waals surface area contributed by atoms with Crippen molar-refractivity contribution >= 4 is 27.8 Å². The van der Waals surface area contributed by atoms with Crippen LogP contribution in [-0.2, 0) is 17.8 Å². The van der Waals surface area contributed by atoms with Crippen LogP contribution in [0.5, 0.6) is 0 Å². The maximum absolute atomic E-state index is 12.6. The van der Waals surface area contributed by atoms with Crippen LogP contribution in [0.15, 0.2) is 54.7 Å². The number of nitrogens with one attached hydrogen (secondary N) is 3. The molecular formula is C23H25N5O. The van der Waals surface area contributed by atoms with Crippen molar-refractivity contribution in [3.8, 4) is 0 Å². The molecule has 5 rings (SSSR count). The maximum atomic E-state index is 12.6. The average molecular weight is 387 g/mol. The molecule has 0 spiro atoms. The molecule has 29 heavy (non-hydrogen) atoms. The minimum atomic E-state index is 0.0577. The van der Waals surface area contributed by atoms with Gasteiger partial charge in [-0.2, -0.15) is 0 Å². The number of hydrogen-bond acceptors (Lipinski definition) is 3. The number of aromatic amines is 2. The van der Waals surface area contributed by atoms with E-state index < -0.39 is 0 Å². The van der Waals surface area contributed by atoms with E-state index in [2.05, 4.69) is 37.3 Å². The lowest BCUT2D eigenvalue weighted by Crippen LogP contribution is -2.34. The molecule has 3 N–H and O–H groups in total. The third-order valence-corrected chi connectivity index (χ3v) is 5.82. The SMILES string of the molecule is O=C(NCCc1c[nH]c2ccccc12)C1CCN(Cc2nc3ccccc3[nH]2)C1. The molecule has 148 valence electrons. The molecule has 1 saturated heterocycles. The molecule has 6 nitrogen and oxygen atoms in total. The summed E-state index contributed by atoms with van der Waals surface area (Å²) in [6.45, 7) is 3.14. The van der Waals surface area contributed by atoms with E-state index in [0.29, 0.717) is 6.54 Å². The minimum absolute atomic E-state index is 0.0577. The molecule has 1 aliphatic rings. The number of imidazole rings is 1. The van der Waals surface area contributed by atoms with E-state index in [4.69, 9.17) is 0 Å². The van der Waals surface area contributed by atoms with Gasteiger partial charge in [0.05, 0.1) is 23.5 Å². The fourth-order valence-electron chi connectivity index (χ4n) is 4.29. The summed E-state index contributed by atoms with van der Waals surface area (Å²) in [4.78, 5) is 26.2. The Balaban J connectivity index is 1.12. The minimum Gasteiger partial charge on any atom is -0.361 e. The van der Waals surface area contributed by atoms with Gasteiger partial charge in [-0.15, -0.1) is 0 Å². The molecular weight excluding hydrogens is 362 g/mol. The van der Waals surface area contributed by atoms with Gasteiger partial charge in [-0.1, -0.05) is 30.3 Å². The van der Waals surface area contributed by atoms with Crippen LogP contribution in [0.2, 0.25) is 0 Å². The van der Waals surface area contributed by atoms with Gasteiger partial charge in [-0.05, 0) is 43.1 Å². The largest absolute Gasteiger partial charge is 0.361 e. The monoisotopic (exact) mass is 387 g/mol. The van der Waals surface area contributed by atoms with Crippen LogP contribution in [-0.4, -0.2) is 45.4 Å². The van der Waals surface area contributed by atoms with Crippen LogP contribution < -0.4 is 5.32 Å². The van der Waals surface area contributed by atoms with Gasteiger partial charge in [0.15, 0.2) is 0 Å². The number of carbonyl (C=O) groups is 1. The van der Waals surface area contributed by atoms with Crippen LogP contribution in [0.25, 0.3) is 21.9 Å². The third-order valence-electron chi connectivity index (χ3n) is 5.82. The Morgan fingerprint density at radius 1 is 1.14 bits per heavy atom. The summed E-state index contributed by atoms with van der Waals surface area (Å²) in [6.07, 6.45) is 3.78. The molecule has 6 heteroatoms. The predicted molar refractivity (Wildman–Crippen MR) is 114 cm³/mol. The van der Waals surface area contributed by atoms with Crippen LogP contribution in [0.4, 0.5) is 0 Å². The highest BCUT2D eigenvalue weighted by Crippen LogP contribution is 2.20. The van der Waals surface area contributed by atoms with E-state index in [1.165, 1.54) is 10.9 Å². The van der Waals surface area contributed by atoms with Crippen molar-refractivity contribution in [3.05, 3.63) is 66.1 Å². The summed E-state index contributed by atoms with van der Waals surface area (Å²) >= 11 is 0. The Labute approximate surface area is 169 Å². The number of hydrogen-bond donors (Lipinski definition) is 3. The van der Waals surface area contributed by atoms with Crippen molar-refractivity contribution in [1.29, 1.82) is 0 Å². The number of likely N-dealkylation sites (tertiary alicyclic amines) is 1. The fraction of sp³-hybridized carbons (Fsp3) is 0.304. The van der Waals surface area contributed by atoms with Crippen LogP contribution in [0, 0.1) is 5.92 Å². The molecule has 4 aromatic rings. The van der Waals surface area contributed by atoms with E-state index in [9.17, 15) is 4.79 Å². The number of nitrogens with zero attached hydrogens (tertiary/aromatic N) is 2.